The molecule has 0 radical (unpaired) electrons. The maximum absolute atomic E-state index is 13.5. The largest absolute Gasteiger partial charge is 0.454 e. The standard InChI is InChI=1S/C15H15F2NO/c1-10-3-4-11(9-18-2)7-14(10)19-15-8-12(16)5-6-13(15)17/h3-8,18H,9H2,1-2H3. The van der Waals surface area contributed by atoms with E-state index in [9.17, 15) is 8.78 Å². The van der Waals surface area contributed by atoms with Crippen LogP contribution in [0.5, 0.6) is 11.5 Å². The lowest BCUT2D eigenvalue weighted by atomic mass is 10.1. The SMILES string of the molecule is CNCc1ccc(C)c(Oc2cc(F)ccc2F)c1. The van der Waals surface area contributed by atoms with E-state index < -0.39 is 11.6 Å². The summed E-state index contributed by atoms with van der Waals surface area (Å²) in [6, 6.07) is 8.82. The number of rotatable bonds is 4. The molecule has 100 valence electrons. The molecule has 0 heterocycles. The zero-order valence-corrected chi connectivity index (χ0v) is 10.8. The first-order valence-electron chi connectivity index (χ1n) is 5.97. The molecule has 1 N–H and O–H groups in total. The van der Waals surface area contributed by atoms with Gasteiger partial charge in [-0.25, -0.2) is 8.78 Å². The van der Waals surface area contributed by atoms with E-state index in [1.165, 1.54) is 0 Å². The van der Waals surface area contributed by atoms with Gasteiger partial charge < -0.3 is 10.1 Å². The van der Waals surface area contributed by atoms with Crippen LogP contribution in [0.1, 0.15) is 11.1 Å². The van der Waals surface area contributed by atoms with E-state index in [1.54, 1.807) is 0 Å². The number of nitrogens with one attached hydrogen (secondary N) is 1. The molecular formula is C15H15F2NO. The van der Waals surface area contributed by atoms with Crippen LogP contribution < -0.4 is 10.1 Å². The average Bonchev–Trinajstić information content (AvgIpc) is 2.38. The molecule has 0 aliphatic carbocycles. The Labute approximate surface area is 111 Å². The Morgan fingerprint density at radius 2 is 1.84 bits per heavy atom. The molecule has 0 bridgehead atoms. The highest BCUT2D eigenvalue weighted by molar-refractivity contribution is 5.40. The third-order valence-electron chi connectivity index (χ3n) is 2.75. The molecule has 0 saturated carbocycles. The summed E-state index contributed by atoms with van der Waals surface area (Å²) in [6.45, 7) is 2.54. The third-order valence-corrected chi connectivity index (χ3v) is 2.75. The van der Waals surface area contributed by atoms with Gasteiger partial charge >= 0.3 is 0 Å². The average molecular weight is 263 g/mol. The molecule has 2 aromatic carbocycles. The summed E-state index contributed by atoms with van der Waals surface area (Å²) < 4.78 is 32.1. The molecule has 0 atom stereocenters. The summed E-state index contributed by atoms with van der Waals surface area (Å²) in [7, 11) is 1.84. The minimum atomic E-state index is -0.584. The van der Waals surface area contributed by atoms with Crippen molar-refractivity contribution in [2.75, 3.05) is 7.05 Å². The maximum atomic E-state index is 13.5. The van der Waals surface area contributed by atoms with E-state index in [-0.39, 0.29) is 5.75 Å². The molecule has 0 fully saturated rings. The summed E-state index contributed by atoms with van der Waals surface area (Å²) in [5, 5.41) is 3.03. The predicted octanol–water partition coefficient (Wildman–Crippen LogP) is 3.78. The Kier molecular flexibility index (Phi) is 4.12. The molecule has 2 aromatic rings. The minimum Gasteiger partial charge on any atom is -0.454 e. The number of halogens is 2. The molecule has 4 heteroatoms. The fraction of sp³-hybridized carbons (Fsp3) is 0.200. The van der Waals surface area contributed by atoms with Gasteiger partial charge in [0.2, 0.25) is 0 Å². The van der Waals surface area contributed by atoms with Crippen LogP contribution in [0.25, 0.3) is 0 Å². The monoisotopic (exact) mass is 263 g/mol. The highest BCUT2D eigenvalue weighted by atomic mass is 19.1. The second-order valence-corrected chi connectivity index (χ2v) is 4.31. The van der Waals surface area contributed by atoms with E-state index in [0.717, 1.165) is 29.3 Å². The lowest BCUT2D eigenvalue weighted by Gasteiger charge is -2.11. The van der Waals surface area contributed by atoms with Crippen molar-refractivity contribution in [2.24, 2.45) is 0 Å². The Morgan fingerprint density at radius 1 is 1.05 bits per heavy atom. The first-order valence-corrected chi connectivity index (χ1v) is 5.97. The van der Waals surface area contributed by atoms with Crippen molar-refractivity contribution in [1.29, 1.82) is 0 Å². The van der Waals surface area contributed by atoms with Crippen LogP contribution in [-0.2, 0) is 6.54 Å². The van der Waals surface area contributed by atoms with E-state index in [0.29, 0.717) is 12.3 Å². The van der Waals surface area contributed by atoms with Gasteiger partial charge in [0.15, 0.2) is 11.6 Å². The van der Waals surface area contributed by atoms with Gasteiger partial charge in [-0.15, -0.1) is 0 Å². The second kappa shape index (κ2) is 5.80. The van der Waals surface area contributed by atoms with Crippen LogP contribution in [0.3, 0.4) is 0 Å². The van der Waals surface area contributed by atoms with E-state index in [1.807, 2.05) is 32.2 Å². The number of aryl methyl sites for hydroxylation is 1. The minimum absolute atomic E-state index is 0.107. The first kappa shape index (κ1) is 13.5. The second-order valence-electron chi connectivity index (χ2n) is 4.31. The van der Waals surface area contributed by atoms with Gasteiger partial charge in [-0.1, -0.05) is 12.1 Å². The lowest BCUT2D eigenvalue weighted by Crippen LogP contribution is -2.05. The first-order chi connectivity index (χ1) is 9.10. The van der Waals surface area contributed by atoms with Crippen molar-refractivity contribution < 1.29 is 13.5 Å². The van der Waals surface area contributed by atoms with Gasteiger partial charge in [-0.2, -0.15) is 0 Å². The normalized spacial score (nSPS) is 10.5. The van der Waals surface area contributed by atoms with Crippen LogP contribution in [0.4, 0.5) is 8.78 Å². The van der Waals surface area contributed by atoms with Crippen molar-refractivity contribution >= 4 is 0 Å². The summed E-state index contributed by atoms with van der Waals surface area (Å²) in [4.78, 5) is 0. The molecule has 0 saturated heterocycles. The fourth-order valence-electron chi connectivity index (χ4n) is 1.74. The molecule has 0 spiro atoms. The topological polar surface area (TPSA) is 21.3 Å². The Balaban J connectivity index is 2.31. The zero-order chi connectivity index (χ0) is 13.8. The van der Waals surface area contributed by atoms with Crippen LogP contribution >= 0.6 is 0 Å². The molecule has 0 aliphatic rings. The molecule has 19 heavy (non-hydrogen) atoms. The van der Waals surface area contributed by atoms with Crippen LogP contribution in [0.2, 0.25) is 0 Å². The molecule has 2 nitrogen and oxygen atoms in total. The van der Waals surface area contributed by atoms with Gasteiger partial charge in [-0.3, -0.25) is 0 Å². The Hall–Kier alpha value is -1.94. The van der Waals surface area contributed by atoms with Crippen molar-refractivity contribution in [3.63, 3.8) is 0 Å². The molecular weight excluding hydrogens is 248 g/mol. The van der Waals surface area contributed by atoms with Crippen LogP contribution in [0, 0.1) is 18.6 Å². The van der Waals surface area contributed by atoms with Gasteiger partial charge in [0.05, 0.1) is 0 Å². The van der Waals surface area contributed by atoms with E-state index >= 15 is 0 Å². The molecule has 0 unspecified atom stereocenters. The highest BCUT2D eigenvalue weighted by Gasteiger charge is 2.09. The highest BCUT2D eigenvalue weighted by Crippen LogP contribution is 2.28. The van der Waals surface area contributed by atoms with Crippen molar-refractivity contribution in [2.45, 2.75) is 13.5 Å². The molecule has 0 amide bonds. The number of benzene rings is 2. The predicted molar refractivity (Wildman–Crippen MR) is 70.4 cm³/mol. The maximum Gasteiger partial charge on any atom is 0.165 e. The number of hydrogen-bond acceptors (Lipinski definition) is 2. The Bertz CT molecular complexity index is 584. The summed E-state index contributed by atoms with van der Waals surface area (Å²) in [5.41, 5.74) is 1.88. The summed E-state index contributed by atoms with van der Waals surface area (Å²) in [6.07, 6.45) is 0. The van der Waals surface area contributed by atoms with Crippen LogP contribution in [0.15, 0.2) is 36.4 Å². The Morgan fingerprint density at radius 3 is 2.58 bits per heavy atom. The zero-order valence-electron chi connectivity index (χ0n) is 10.8. The van der Waals surface area contributed by atoms with Gasteiger partial charge in [0.1, 0.15) is 11.6 Å². The van der Waals surface area contributed by atoms with Gasteiger partial charge in [0.25, 0.3) is 0 Å². The number of ether oxygens (including phenoxy) is 1. The van der Waals surface area contributed by atoms with E-state index in [2.05, 4.69) is 5.32 Å². The summed E-state index contributed by atoms with van der Waals surface area (Å²) >= 11 is 0. The van der Waals surface area contributed by atoms with Crippen molar-refractivity contribution in [3.05, 3.63) is 59.2 Å². The number of hydrogen-bond donors (Lipinski definition) is 1. The molecule has 2 rings (SSSR count). The molecule has 0 aliphatic heterocycles. The van der Waals surface area contributed by atoms with Gasteiger partial charge in [0, 0.05) is 12.6 Å². The van der Waals surface area contributed by atoms with Crippen molar-refractivity contribution in [1.82, 2.24) is 5.32 Å². The fourth-order valence-corrected chi connectivity index (χ4v) is 1.74. The third kappa shape index (κ3) is 3.29. The molecule has 0 aromatic heterocycles. The van der Waals surface area contributed by atoms with E-state index in [4.69, 9.17) is 4.74 Å². The summed E-state index contributed by atoms with van der Waals surface area (Å²) in [5.74, 6) is -0.692. The van der Waals surface area contributed by atoms with Crippen LogP contribution in [-0.4, -0.2) is 7.05 Å². The smallest absolute Gasteiger partial charge is 0.165 e. The van der Waals surface area contributed by atoms with Crippen molar-refractivity contribution in [3.8, 4) is 11.5 Å². The lowest BCUT2D eigenvalue weighted by molar-refractivity contribution is 0.433. The quantitative estimate of drug-likeness (QED) is 0.906. The van der Waals surface area contributed by atoms with Gasteiger partial charge in [-0.05, 0) is 43.3 Å².